The molecule has 1 amide bonds. The van der Waals surface area contributed by atoms with Crippen LogP contribution in [0.4, 0.5) is 11.9 Å². The molecule has 5 rings (SSSR count). The predicted molar refractivity (Wildman–Crippen MR) is 138 cm³/mol. The molecule has 35 heavy (non-hydrogen) atoms. The molecule has 8 heteroatoms. The minimum atomic E-state index is -0.322. The Labute approximate surface area is 208 Å². The number of halogens is 1. The maximum atomic E-state index is 12.6. The Hall–Kier alpha value is -4.10. The third-order valence-corrected chi connectivity index (χ3v) is 6.28. The van der Waals surface area contributed by atoms with Crippen molar-refractivity contribution in [2.45, 2.75) is 18.5 Å². The molecule has 7 nitrogen and oxygen atoms in total. The molecular formula is C27H24ClN5O2. The Balaban J connectivity index is 1.40. The van der Waals surface area contributed by atoms with Crippen molar-refractivity contribution >= 4 is 35.5 Å². The van der Waals surface area contributed by atoms with Gasteiger partial charge in [-0.15, -0.1) is 5.10 Å². The van der Waals surface area contributed by atoms with Crippen LogP contribution in [-0.2, 0) is 4.79 Å². The number of hydrogen-bond acceptors (Lipinski definition) is 5. The van der Waals surface area contributed by atoms with Crippen molar-refractivity contribution in [2.75, 3.05) is 17.7 Å². The first kappa shape index (κ1) is 22.7. The number of methoxy groups -OCH3 is 1. The molecule has 1 aliphatic rings. The SMILES string of the molecule is COc1ccc(/C=C/C(=O)Nc2nc3n(n2)C(c2ccccc2Cl)CC(c2ccccc2)N3)cc1. The van der Waals surface area contributed by atoms with E-state index in [-0.39, 0.29) is 23.9 Å². The quantitative estimate of drug-likeness (QED) is 0.340. The Morgan fingerprint density at radius 3 is 2.57 bits per heavy atom. The molecule has 176 valence electrons. The van der Waals surface area contributed by atoms with Crippen molar-refractivity contribution in [3.05, 3.63) is 107 Å². The maximum Gasteiger partial charge on any atom is 0.250 e. The average Bonchev–Trinajstić information content (AvgIpc) is 3.30. The van der Waals surface area contributed by atoms with Gasteiger partial charge in [0.2, 0.25) is 5.95 Å². The molecule has 3 aromatic carbocycles. The zero-order valence-corrected chi connectivity index (χ0v) is 19.8. The van der Waals surface area contributed by atoms with Gasteiger partial charge < -0.3 is 10.1 Å². The number of carbonyl (C=O) groups excluding carboxylic acids is 1. The van der Waals surface area contributed by atoms with Gasteiger partial charge in [-0.3, -0.25) is 10.1 Å². The third kappa shape index (κ3) is 5.05. The summed E-state index contributed by atoms with van der Waals surface area (Å²) < 4.78 is 6.96. The van der Waals surface area contributed by atoms with E-state index in [0.29, 0.717) is 11.0 Å². The second-order valence-corrected chi connectivity index (χ2v) is 8.59. The number of amides is 1. The first-order valence-electron chi connectivity index (χ1n) is 11.3. The van der Waals surface area contributed by atoms with Gasteiger partial charge in [0.15, 0.2) is 0 Å². The molecule has 0 saturated heterocycles. The fourth-order valence-electron chi connectivity index (χ4n) is 4.18. The normalized spacial score (nSPS) is 17.0. The average molecular weight is 486 g/mol. The molecule has 0 saturated carbocycles. The van der Waals surface area contributed by atoms with E-state index in [1.807, 2.05) is 66.7 Å². The van der Waals surface area contributed by atoms with Crippen molar-refractivity contribution in [3.8, 4) is 5.75 Å². The van der Waals surface area contributed by atoms with Crippen LogP contribution in [0.2, 0.25) is 5.02 Å². The number of anilines is 2. The standard InChI is InChI=1S/C27H24ClN5O2/c1-35-20-14-11-18(12-15-20)13-16-25(34)30-26-31-27-29-23(19-7-3-2-4-8-19)17-24(33(27)32-26)21-9-5-6-10-22(21)28/h2-16,23-24H,17H2,1H3,(H2,29,30,31,32,34)/b16-13+. The van der Waals surface area contributed by atoms with E-state index in [0.717, 1.165) is 28.9 Å². The first-order chi connectivity index (χ1) is 17.1. The van der Waals surface area contributed by atoms with Crippen LogP contribution >= 0.6 is 11.6 Å². The zero-order valence-electron chi connectivity index (χ0n) is 19.1. The van der Waals surface area contributed by atoms with Gasteiger partial charge in [-0.25, -0.2) is 4.68 Å². The summed E-state index contributed by atoms with van der Waals surface area (Å²) >= 11 is 6.56. The summed E-state index contributed by atoms with van der Waals surface area (Å²) in [7, 11) is 1.61. The maximum absolute atomic E-state index is 12.6. The molecule has 0 fully saturated rings. The van der Waals surface area contributed by atoms with Gasteiger partial charge >= 0.3 is 0 Å². The number of rotatable bonds is 6. The number of fused-ring (bicyclic) bond motifs is 1. The lowest BCUT2D eigenvalue weighted by atomic mass is 9.93. The highest BCUT2D eigenvalue weighted by Crippen LogP contribution is 2.40. The van der Waals surface area contributed by atoms with Crippen LogP contribution in [0.25, 0.3) is 6.08 Å². The number of benzene rings is 3. The number of nitrogens with one attached hydrogen (secondary N) is 2. The van der Waals surface area contributed by atoms with E-state index in [1.54, 1.807) is 17.9 Å². The summed E-state index contributed by atoms with van der Waals surface area (Å²) in [5.41, 5.74) is 2.98. The highest BCUT2D eigenvalue weighted by Gasteiger charge is 2.32. The first-order valence-corrected chi connectivity index (χ1v) is 11.6. The molecule has 1 aliphatic heterocycles. The summed E-state index contributed by atoms with van der Waals surface area (Å²) in [5.74, 6) is 1.23. The molecular weight excluding hydrogens is 462 g/mol. The Morgan fingerprint density at radius 2 is 1.83 bits per heavy atom. The van der Waals surface area contributed by atoms with Crippen molar-refractivity contribution in [3.63, 3.8) is 0 Å². The van der Waals surface area contributed by atoms with Gasteiger partial charge in [-0.05, 0) is 47.4 Å². The summed E-state index contributed by atoms with van der Waals surface area (Å²) in [5, 5.41) is 11.5. The number of nitrogens with zero attached hydrogens (tertiary/aromatic N) is 3. The van der Waals surface area contributed by atoms with Crippen molar-refractivity contribution in [1.29, 1.82) is 0 Å². The summed E-state index contributed by atoms with van der Waals surface area (Å²) in [6.45, 7) is 0. The second-order valence-electron chi connectivity index (χ2n) is 8.18. The highest BCUT2D eigenvalue weighted by atomic mass is 35.5. The molecule has 0 spiro atoms. The minimum Gasteiger partial charge on any atom is -0.497 e. The van der Waals surface area contributed by atoms with E-state index >= 15 is 0 Å². The van der Waals surface area contributed by atoms with Gasteiger partial charge in [0.1, 0.15) is 5.75 Å². The number of ether oxygens (including phenoxy) is 1. The second kappa shape index (κ2) is 10.0. The number of carbonyl (C=O) groups is 1. The lowest BCUT2D eigenvalue weighted by Gasteiger charge is -2.32. The van der Waals surface area contributed by atoms with Gasteiger partial charge in [0.05, 0.1) is 19.2 Å². The van der Waals surface area contributed by atoms with Crippen LogP contribution in [0.5, 0.6) is 5.75 Å². The molecule has 2 atom stereocenters. The van der Waals surface area contributed by atoms with E-state index in [1.165, 1.54) is 6.08 Å². The molecule has 0 bridgehead atoms. The largest absolute Gasteiger partial charge is 0.497 e. The minimum absolute atomic E-state index is 0.0210. The third-order valence-electron chi connectivity index (χ3n) is 5.93. The smallest absolute Gasteiger partial charge is 0.250 e. The van der Waals surface area contributed by atoms with Crippen LogP contribution < -0.4 is 15.4 Å². The van der Waals surface area contributed by atoms with Crippen LogP contribution in [0, 0.1) is 0 Å². The number of aromatic nitrogens is 3. The molecule has 2 unspecified atom stereocenters. The topological polar surface area (TPSA) is 81.1 Å². The molecule has 2 heterocycles. The van der Waals surface area contributed by atoms with Crippen LogP contribution in [-0.4, -0.2) is 27.8 Å². The fraction of sp³-hybridized carbons (Fsp3) is 0.148. The lowest BCUT2D eigenvalue weighted by Crippen LogP contribution is -2.28. The lowest BCUT2D eigenvalue weighted by molar-refractivity contribution is -0.111. The summed E-state index contributed by atoms with van der Waals surface area (Å²) in [6, 6.07) is 25.2. The van der Waals surface area contributed by atoms with Crippen LogP contribution in [0.3, 0.4) is 0 Å². The fourth-order valence-corrected chi connectivity index (χ4v) is 4.44. The monoisotopic (exact) mass is 485 g/mol. The molecule has 1 aromatic heterocycles. The van der Waals surface area contributed by atoms with E-state index in [9.17, 15) is 4.79 Å². The molecule has 0 aliphatic carbocycles. The van der Waals surface area contributed by atoms with Gasteiger partial charge in [-0.1, -0.05) is 72.3 Å². The van der Waals surface area contributed by atoms with Crippen LogP contribution in [0.1, 0.15) is 35.2 Å². The Kier molecular flexibility index (Phi) is 6.50. The summed E-state index contributed by atoms with van der Waals surface area (Å²) in [4.78, 5) is 17.1. The van der Waals surface area contributed by atoms with Gasteiger partial charge in [0.25, 0.3) is 11.9 Å². The summed E-state index contributed by atoms with van der Waals surface area (Å²) in [6.07, 6.45) is 3.91. The molecule has 2 N–H and O–H groups in total. The van der Waals surface area contributed by atoms with E-state index < -0.39 is 0 Å². The van der Waals surface area contributed by atoms with Crippen molar-refractivity contribution in [2.24, 2.45) is 0 Å². The van der Waals surface area contributed by atoms with Gasteiger partial charge in [-0.2, -0.15) is 4.98 Å². The Bertz CT molecular complexity index is 1350. The zero-order chi connectivity index (χ0) is 24.2. The van der Waals surface area contributed by atoms with E-state index in [4.69, 9.17) is 16.3 Å². The van der Waals surface area contributed by atoms with Gasteiger partial charge in [0, 0.05) is 11.1 Å². The van der Waals surface area contributed by atoms with Crippen molar-refractivity contribution < 1.29 is 9.53 Å². The van der Waals surface area contributed by atoms with Crippen molar-refractivity contribution in [1.82, 2.24) is 14.8 Å². The van der Waals surface area contributed by atoms with Crippen LogP contribution in [0.15, 0.2) is 84.9 Å². The predicted octanol–water partition coefficient (Wildman–Crippen LogP) is 5.74. The molecule has 4 aromatic rings. The highest BCUT2D eigenvalue weighted by molar-refractivity contribution is 6.31. The number of hydrogen-bond donors (Lipinski definition) is 2. The molecule has 0 radical (unpaired) electrons. The van der Waals surface area contributed by atoms with E-state index in [2.05, 4.69) is 32.8 Å². The Morgan fingerprint density at radius 1 is 1.09 bits per heavy atom.